The van der Waals surface area contributed by atoms with Gasteiger partial charge in [-0.1, -0.05) is 68.4 Å². The summed E-state index contributed by atoms with van der Waals surface area (Å²) in [6.45, 7) is 4.98. The number of fused-ring (bicyclic) bond motifs is 4. The van der Waals surface area contributed by atoms with Crippen molar-refractivity contribution in [1.82, 2.24) is 40.4 Å². The molecule has 3 aliphatic rings. The molecule has 14 nitrogen and oxygen atoms in total. The minimum absolute atomic E-state index is 0.107. The van der Waals surface area contributed by atoms with E-state index in [1.807, 2.05) is 55.1 Å². The highest BCUT2D eigenvalue weighted by Gasteiger charge is 2.39. The summed E-state index contributed by atoms with van der Waals surface area (Å²) in [5, 5.41) is 5.45. The first-order chi connectivity index (χ1) is 27.6. The van der Waals surface area contributed by atoms with Crippen LogP contribution in [0.25, 0.3) is 33.4 Å². The lowest BCUT2D eigenvalue weighted by molar-refractivity contribution is -0.135. The molecule has 2 aliphatic heterocycles. The summed E-state index contributed by atoms with van der Waals surface area (Å²) in [7, 11) is 2.58. The van der Waals surface area contributed by atoms with E-state index in [4.69, 9.17) is 19.4 Å². The highest BCUT2D eigenvalue weighted by molar-refractivity contribution is 5.88. The summed E-state index contributed by atoms with van der Waals surface area (Å²) < 4.78 is 9.64. The molecule has 0 radical (unpaired) electrons. The highest BCUT2D eigenvalue weighted by atomic mass is 16.5. The highest BCUT2D eigenvalue weighted by Crippen LogP contribution is 2.39. The normalized spacial score (nSPS) is 18.5. The predicted molar refractivity (Wildman–Crippen MR) is 213 cm³/mol. The second kappa shape index (κ2) is 15.8. The van der Waals surface area contributed by atoms with Gasteiger partial charge < -0.3 is 39.9 Å². The molecule has 2 aromatic heterocycles. The van der Waals surface area contributed by atoms with Gasteiger partial charge in [-0.15, -0.1) is 0 Å². The Bertz CT molecular complexity index is 2320. The Kier molecular flexibility index (Phi) is 10.4. The molecule has 2 fully saturated rings. The maximum absolute atomic E-state index is 14.0. The van der Waals surface area contributed by atoms with Crippen LogP contribution in [0, 0.1) is 5.92 Å². The van der Waals surface area contributed by atoms with Gasteiger partial charge in [-0.3, -0.25) is 9.59 Å². The van der Waals surface area contributed by atoms with Gasteiger partial charge in [0.05, 0.1) is 43.0 Å². The average molecular weight is 773 g/mol. The summed E-state index contributed by atoms with van der Waals surface area (Å²) in [6.07, 6.45) is 3.58. The summed E-state index contributed by atoms with van der Waals surface area (Å²) >= 11 is 0. The average Bonchev–Trinajstić information content (AvgIpc) is 4.06. The fraction of sp³-hybridized carbons (Fsp3) is 0.395. The summed E-state index contributed by atoms with van der Waals surface area (Å²) in [6, 6.07) is 19.8. The number of hydrogen-bond acceptors (Lipinski definition) is 8. The lowest BCUT2D eigenvalue weighted by Crippen LogP contribution is -2.51. The molecule has 3 aromatic carbocycles. The molecule has 1 aliphatic carbocycles. The van der Waals surface area contributed by atoms with Crippen LogP contribution in [0.4, 0.5) is 9.59 Å². The molecular formula is C43H48N8O6. The number of imidazole rings is 2. The standard InChI is InChI=1S/C43H48N8O6/c1-24(2)35(48-42(54)56-3)40(52)50-20-9-13-34(50)39-45-31-19-16-28-22-26(14-17-29(28)37(31)47-39)27-15-18-30-32(23-27)46-38(44-30)33-12-8-21-51(33)41(53)36(49-43(55)57-4)25-10-6-5-7-11-25/h5-7,10-11,14-15,17-18,22-24,33-36H,8-9,12-13,16,19-21H2,1-4H3,(H,44,46)(H,45,47)(H,48,54)(H,49,55)/t33-,34-,35-,36+/m0/s1. The summed E-state index contributed by atoms with van der Waals surface area (Å²) in [5.41, 5.74) is 8.77. The van der Waals surface area contributed by atoms with Crippen LogP contribution >= 0.6 is 0 Å². The second-order valence-corrected chi connectivity index (χ2v) is 15.4. The van der Waals surface area contributed by atoms with Gasteiger partial charge >= 0.3 is 12.2 Å². The van der Waals surface area contributed by atoms with Crippen LogP contribution < -0.4 is 10.6 Å². The number of aryl methyl sites for hydroxylation is 2. The first-order valence-electron chi connectivity index (χ1n) is 19.7. The van der Waals surface area contributed by atoms with Crippen molar-refractivity contribution >= 4 is 35.0 Å². The largest absolute Gasteiger partial charge is 0.453 e. The molecule has 296 valence electrons. The third kappa shape index (κ3) is 7.31. The minimum atomic E-state index is -0.885. The summed E-state index contributed by atoms with van der Waals surface area (Å²) in [5.74, 6) is 1.05. The molecule has 8 rings (SSSR count). The molecular weight excluding hydrogens is 725 g/mol. The number of H-pyrrole nitrogens is 2. The number of benzene rings is 3. The van der Waals surface area contributed by atoms with Gasteiger partial charge in [-0.05, 0) is 78.8 Å². The van der Waals surface area contributed by atoms with Crippen molar-refractivity contribution in [2.45, 2.75) is 76.5 Å². The number of nitrogens with one attached hydrogen (secondary N) is 4. The SMILES string of the molecule is COC(=O)N[C@H](C(=O)N1CCC[C@H]1c1nc2c([nH]1)CCc1cc(-c3ccc4nc([C@@H]5CCCN5C(=O)[C@H](NC(=O)OC)c5ccccc5)[nH]c4c3)ccc1-2)C(C)C. The lowest BCUT2D eigenvalue weighted by atomic mass is 9.89. The van der Waals surface area contributed by atoms with E-state index in [1.165, 1.54) is 19.8 Å². The number of ether oxygens (including phenoxy) is 2. The van der Waals surface area contributed by atoms with Crippen LogP contribution in [0.1, 0.15) is 86.1 Å². The molecule has 4 amide bonds. The van der Waals surface area contributed by atoms with Gasteiger partial charge in [0, 0.05) is 24.3 Å². The number of nitrogens with zero attached hydrogens (tertiary/aromatic N) is 4. The van der Waals surface area contributed by atoms with Crippen molar-refractivity contribution < 1.29 is 28.7 Å². The number of aromatic amines is 2. The van der Waals surface area contributed by atoms with Crippen molar-refractivity contribution in [3.63, 3.8) is 0 Å². The topological polar surface area (TPSA) is 175 Å². The van der Waals surface area contributed by atoms with Gasteiger partial charge in [0.15, 0.2) is 0 Å². The van der Waals surface area contributed by atoms with Crippen LogP contribution in [-0.2, 0) is 31.9 Å². The Hall–Kier alpha value is -6.18. The van der Waals surface area contributed by atoms with Crippen LogP contribution in [0.3, 0.4) is 0 Å². The zero-order valence-electron chi connectivity index (χ0n) is 32.6. The number of carbonyl (C=O) groups excluding carboxylic acids is 4. The molecule has 4 N–H and O–H groups in total. The second-order valence-electron chi connectivity index (χ2n) is 15.4. The van der Waals surface area contributed by atoms with E-state index in [0.29, 0.717) is 24.5 Å². The van der Waals surface area contributed by atoms with Gasteiger partial charge in [-0.25, -0.2) is 19.6 Å². The zero-order chi connectivity index (χ0) is 39.8. The van der Waals surface area contributed by atoms with Crippen molar-refractivity contribution in [2.75, 3.05) is 27.3 Å². The number of alkyl carbamates (subject to hydrolysis) is 2. The van der Waals surface area contributed by atoms with Crippen LogP contribution in [0.5, 0.6) is 0 Å². The van der Waals surface area contributed by atoms with Gasteiger partial charge in [0.25, 0.3) is 5.91 Å². The fourth-order valence-electron chi connectivity index (χ4n) is 8.61. The monoisotopic (exact) mass is 772 g/mol. The quantitative estimate of drug-likeness (QED) is 0.131. The maximum atomic E-state index is 14.0. The van der Waals surface area contributed by atoms with Crippen LogP contribution in [0.15, 0.2) is 66.7 Å². The molecule has 0 bridgehead atoms. The smallest absolute Gasteiger partial charge is 0.407 e. The van der Waals surface area contributed by atoms with Crippen molar-refractivity contribution in [3.05, 3.63) is 95.2 Å². The van der Waals surface area contributed by atoms with Crippen molar-refractivity contribution in [3.8, 4) is 22.4 Å². The first kappa shape index (κ1) is 37.7. The number of carbonyl (C=O) groups is 4. The molecule has 57 heavy (non-hydrogen) atoms. The van der Waals surface area contributed by atoms with E-state index in [2.05, 4.69) is 50.9 Å². The Balaban J connectivity index is 1.01. The number of aromatic nitrogens is 4. The Labute approximate surface area is 330 Å². The maximum Gasteiger partial charge on any atom is 0.407 e. The molecule has 14 heteroatoms. The Morgan fingerprint density at radius 3 is 2.11 bits per heavy atom. The molecule has 4 heterocycles. The number of methoxy groups -OCH3 is 2. The van der Waals surface area contributed by atoms with E-state index in [1.54, 1.807) is 4.90 Å². The van der Waals surface area contributed by atoms with Gasteiger partial charge in [-0.2, -0.15) is 0 Å². The lowest BCUT2D eigenvalue weighted by Gasteiger charge is -2.30. The summed E-state index contributed by atoms with van der Waals surface area (Å²) in [4.78, 5) is 72.8. The first-order valence-corrected chi connectivity index (χ1v) is 19.7. The molecule has 0 unspecified atom stereocenters. The van der Waals surface area contributed by atoms with E-state index >= 15 is 0 Å². The zero-order valence-corrected chi connectivity index (χ0v) is 32.6. The minimum Gasteiger partial charge on any atom is -0.453 e. The number of hydrogen-bond donors (Lipinski definition) is 4. The van der Waals surface area contributed by atoms with Crippen molar-refractivity contribution in [1.29, 1.82) is 0 Å². The third-order valence-corrected chi connectivity index (χ3v) is 11.6. The molecule has 4 atom stereocenters. The van der Waals surface area contributed by atoms with Crippen LogP contribution in [-0.4, -0.2) is 87.1 Å². The van der Waals surface area contributed by atoms with Crippen molar-refractivity contribution in [2.24, 2.45) is 5.92 Å². The van der Waals surface area contributed by atoms with E-state index in [0.717, 1.165) is 83.5 Å². The molecule has 0 saturated carbocycles. The van der Waals surface area contributed by atoms with E-state index in [-0.39, 0.29) is 29.8 Å². The fourth-order valence-corrected chi connectivity index (χ4v) is 8.61. The number of amides is 4. The van der Waals surface area contributed by atoms with Crippen LogP contribution in [0.2, 0.25) is 0 Å². The van der Waals surface area contributed by atoms with Gasteiger partial charge in [0.1, 0.15) is 23.7 Å². The predicted octanol–water partition coefficient (Wildman–Crippen LogP) is 6.52. The molecule has 0 spiro atoms. The Morgan fingerprint density at radius 1 is 0.754 bits per heavy atom. The Morgan fingerprint density at radius 2 is 1.40 bits per heavy atom. The molecule has 5 aromatic rings. The number of likely N-dealkylation sites (tertiary alicyclic amines) is 2. The molecule has 2 saturated heterocycles. The van der Waals surface area contributed by atoms with E-state index in [9.17, 15) is 19.2 Å². The van der Waals surface area contributed by atoms with Gasteiger partial charge in [0.2, 0.25) is 5.91 Å². The number of rotatable bonds is 9. The van der Waals surface area contributed by atoms with E-state index < -0.39 is 24.3 Å². The third-order valence-electron chi connectivity index (χ3n) is 11.6.